The number of nitrogens with one attached hydrogen (secondary N) is 1. The van der Waals surface area contributed by atoms with Crippen molar-refractivity contribution in [3.05, 3.63) is 0 Å². The Labute approximate surface area is 109 Å². The van der Waals surface area contributed by atoms with Gasteiger partial charge in [0.2, 0.25) is 5.91 Å². The smallest absolute Gasteiger partial charge is 0.234 e. The van der Waals surface area contributed by atoms with Crippen LogP contribution in [0.1, 0.15) is 32.6 Å². The number of aliphatic hydroxyl groups is 1. The lowest BCUT2D eigenvalue weighted by atomic mass is 10.2. The van der Waals surface area contributed by atoms with Crippen molar-refractivity contribution >= 4 is 5.91 Å². The number of aliphatic hydroxyl groups excluding tert-OH is 1. The van der Waals surface area contributed by atoms with E-state index in [9.17, 15) is 4.79 Å². The quantitative estimate of drug-likeness (QED) is 0.660. The van der Waals surface area contributed by atoms with Crippen LogP contribution in [0.4, 0.5) is 0 Å². The molecule has 0 saturated heterocycles. The number of hydrogen-bond donors (Lipinski definition) is 2. The molecule has 1 amide bonds. The minimum absolute atomic E-state index is 0.0138. The van der Waals surface area contributed by atoms with Gasteiger partial charge in [-0.15, -0.1) is 0 Å². The zero-order valence-corrected chi connectivity index (χ0v) is 11.5. The number of ether oxygens (including phenoxy) is 1. The molecule has 5 heteroatoms. The molecule has 106 valence electrons. The van der Waals surface area contributed by atoms with E-state index in [4.69, 9.17) is 9.84 Å². The van der Waals surface area contributed by atoms with Crippen molar-refractivity contribution in [2.75, 3.05) is 33.4 Å². The van der Waals surface area contributed by atoms with Crippen LogP contribution < -0.4 is 5.32 Å². The van der Waals surface area contributed by atoms with Gasteiger partial charge in [-0.3, -0.25) is 9.69 Å². The molecule has 1 fully saturated rings. The topological polar surface area (TPSA) is 61.8 Å². The third-order valence-corrected chi connectivity index (χ3v) is 3.40. The van der Waals surface area contributed by atoms with Crippen LogP contribution in [-0.4, -0.2) is 61.4 Å². The minimum atomic E-state index is 0.0138. The summed E-state index contributed by atoms with van der Waals surface area (Å²) < 4.78 is 4.99. The highest BCUT2D eigenvalue weighted by Crippen LogP contribution is 2.22. The Morgan fingerprint density at radius 3 is 2.72 bits per heavy atom. The molecule has 0 aromatic rings. The Morgan fingerprint density at radius 1 is 1.50 bits per heavy atom. The van der Waals surface area contributed by atoms with E-state index < -0.39 is 0 Å². The van der Waals surface area contributed by atoms with Crippen LogP contribution in [0.15, 0.2) is 0 Å². The Balaban J connectivity index is 2.37. The van der Waals surface area contributed by atoms with E-state index in [1.54, 1.807) is 7.11 Å². The number of rotatable bonds is 8. The number of methoxy groups -OCH3 is 1. The maximum absolute atomic E-state index is 11.9. The van der Waals surface area contributed by atoms with Gasteiger partial charge in [0, 0.05) is 25.7 Å². The van der Waals surface area contributed by atoms with Crippen molar-refractivity contribution in [1.29, 1.82) is 0 Å². The molecule has 1 atom stereocenters. The van der Waals surface area contributed by atoms with E-state index in [0.29, 0.717) is 25.7 Å². The summed E-state index contributed by atoms with van der Waals surface area (Å²) in [5.41, 5.74) is 0. The second-order valence-corrected chi connectivity index (χ2v) is 5.06. The molecule has 1 saturated carbocycles. The molecule has 1 rings (SSSR count). The summed E-state index contributed by atoms with van der Waals surface area (Å²) in [5, 5.41) is 12.0. The summed E-state index contributed by atoms with van der Waals surface area (Å²) in [6.45, 7) is 3.51. The first-order valence-corrected chi connectivity index (χ1v) is 6.80. The van der Waals surface area contributed by atoms with Gasteiger partial charge >= 0.3 is 0 Å². The monoisotopic (exact) mass is 258 g/mol. The molecule has 1 aliphatic carbocycles. The molecule has 18 heavy (non-hydrogen) atoms. The molecular formula is C13H26N2O3. The fourth-order valence-corrected chi connectivity index (χ4v) is 2.59. The van der Waals surface area contributed by atoms with Gasteiger partial charge in [-0.2, -0.15) is 0 Å². The fourth-order valence-electron chi connectivity index (χ4n) is 2.59. The summed E-state index contributed by atoms with van der Waals surface area (Å²) in [6, 6.07) is 0.489. The summed E-state index contributed by atoms with van der Waals surface area (Å²) in [4.78, 5) is 14.0. The van der Waals surface area contributed by atoms with Crippen LogP contribution in [0.5, 0.6) is 0 Å². The van der Waals surface area contributed by atoms with Gasteiger partial charge in [0.1, 0.15) is 0 Å². The fraction of sp³-hybridized carbons (Fsp3) is 0.923. The molecule has 0 aliphatic heterocycles. The maximum atomic E-state index is 11.9. The van der Waals surface area contributed by atoms with Crippen molar-refractivity contribution in [3.63, 3.8) is 0 Å². The molecule has 1 unspecified atom stereocenters. The van der Waals surface area contributed by atoms with Crippen molar-refractivity contribution in [2.24, 2.45) is 0 Å². The standard InChI is InChI=1S/C13H26N2O3/c1-11(10-18-2)14-13(17)9-15(7-8-16)12-5-3-4-6-12/h11-12,16H,3-10H2,1-2H3,(H,14,17). The molecule has 5 nitrogen and oxygen atoms in total. The van der Waals surface area contributed by atoms with Crippen LogP contribution in [0.25, 0.3) is 0 Å². The van der Waals surface area contributed by atoms with Gasteiger partial charge in [0.15, 0.2) is 0 Å². The lowest BCUT2D eigenvalue weighted by Crippen LogP contribution is -2.46. The van der Waals surface area contributed by atoms with E-state index in [1.807, 2.05) is 6.92 Å². The number of carbonyl (C=O) groups excluding carboxylic acids is 1. The molecule has 1 aliphatic rings. The van der Waals surface area contributed by atoms with Crippen LogP contribution in [0.3, 0.4) is 0 Å². The van der Waals surface area contributed by atoms with Crippen LogP contribution in [-0.2, 0) is 9.53 Å². The number of amides is 1. The third-order valence-electron chi connectivity index (χ3n) is 3.40. The third kappa shape index (κ3) is 5.33. The molecule has 0 aromatic carbocycles. The first-order chi connectivity index (χ1) is 8.67. The lowest BCUT2D eigenvalue weighted by Gasteiger charge is -2.27. The summed E-state index contributed by atoms with van der Waals surface area (Å²) in [5.74, 6) is 0.0138. The number of nitrogens with zero attached hydrogens (tertiary/aromatic N) is 1. The van der Waals surface area contributed by atoms with E-state index in [-0.39, 0.29) is 18.6 Å². The van der Waals surface area contributed by atoms with E-state index in [1.165, 1.54) is 12.8 Å². The summed E-state index contributed by atoms with van der Waals surface area (Å²) in [6.07, 6.45) is 4.74. The van der Waals surface area contributed by atoms with Crippen LogP contribution >= 0.6 is 0 Å². The Hall–Kier alpha value is -0.650. The SMILES string of the molecule is COCC(C)NC(=O)CN(CCO)C1CCCC1. The molecule has 2 N–H and O–H groups in total. The van der Waals surface area contributed by atoms with E-state index in [2.05, 4.69) is 10.2 Å². The second-order valence-electron chi connectivity index (χ2n) is 5.06. The van der Waals surface area contributed by atoms with Gasteiger partial charge in [0.05, 0.1) is 19.8 Å². The Kier molecular flexibility index (Phi) is 7.23. The first-order valence-electron chi connectivity index (χ1n) is 6.80. The van der Waals surface area contributed by atoms with Crippen molar-refractivity contribution in [2.45, 2.75) is 44.7 Å². The molecule has 0 spiro atoms. The molecule has 0 aromatic heterocycles. The van der Waals surface area contributed by atoms with Gasteiger partial charge in [-0.25, -0.2) is 0 Å². The Morgan fingerprint density at radius 2 is 2.17 bits per heavy atom. The first kappa shape index (κ1) is 15.4. The molecule has 0 radical (unpaired) electrons. The van der Waals surface area contributed by atoms with Gasteiger partial charge in [-0.05, 0) is 19.8 Å². The highest BCUT2D eigenvalue weighted by atomic mass is 16.5. The molecular weight excluding hydrogens is 232 g/mol. The second kappa shape index (κ2) is 8.45. The minimum Gasteiger partial charge on any atom is -0.395 e. The van der Waals surface area contributed by atoms with Crippen LogP contribution in [0, 0.1) is 0 Å². The largest absolute Gasteiger partial charge is 0.395 e. The van der Waals surface area contributed by atoms with Crippen molar-refractivity contribution in [1.82, 2.24) is 10.2 Å². The lowest BCUT2D eigenvalue weighted by molar-refractivity contribution is -0.123. The summed E-state index contributed by atoms with van der Waals surface area (Å²) >= 11 is 0. The predicted octanol–water partition coefficient (Wildman–Crippen LogP) is 0.374. The zero-order chi connectivity index (χ0) is 13.4. The molecule has 0 heterocycles. The predicted molar refractivity (Wildman–Crippen MR) is 70.4 cm³/mol. The highest BCUT2D eigenvalue weighted by Gasteiger charge is 2.24. The van der Waals surface area contributed by atoms with Gasteiger partial charge in [0.25, 0.3) is 0 Å². The maximum Gasteiger partial charge on any atom is 0.234 e. The van der Waals surface area contributed by atoms with E-state index >= 15 is 0 Å². The number of carbonyl (C=O) groups is 1. The number of hydrogen-bond acceptors (Lipinski definition) is 4. The van der Waals surface area contributed by atoms with Crippen molar-refractivity contribution in [3.8, 4) is 0 Å². The summed E-state index contributed by atoms with van der Waals surface area (Å²) in [7, 11) is 1.62. The average Bonchev–Trinajstić information content (AvgIpc) is 2.81. The molecule has 0 bridgehead atoms. The van der Waals surface area contributed by atoms with E-state index in [0.717, 1.165) is 12.8 Å². The zero-order valence-electron chi connectivity index (χ0n) is 11.5. The van der Waals surface area contributed by atoms with Gasteiger partial charge in [-0.1, -0.05) is 12.8 Å². The Bertz CT molecular complexity index is 242. The average molecular weight is 258 g/mol. The highest BCUT2D eigenvalue weighted by molar-refractivity contribution is 5.78. The normalized spacial score (nSPS) is 18.2. The van der Waals surface area contributed by atoms with Gasteiger partial charge < -0.3 is 15.2 Å². The van der Waals surface area contributed by atoms with Crippen molar-refractivity contribution < 1.29 is 14.6 Å². The van der Waals surface area contributed by atoms with Crippen LogP contribution in [0.2, 0.25) is 0 Å².